The Morgan fingerprint density at radius 2 is 2.27 bits per heavy atom. The lowest BCUT2D eigenvalue weighted by atomic mass is 10.4. The molecule has 1 aromatic heterocycles. The minimum atomic E-state index is 0.896. The number of nitrogens with zero attached hydrogens (tertiary/aromatic N) is 3. The van der Waals surface area contributed by atoms with Crippen molar-refractivity contribution in [3.8, 4) is 0 Å². The normalized spacial score (nSPS) is 15.9. The van der Waals surface area contributed by atoms with Crippen LogP contribution in [-0.4, -0.2) is 31.7 Å². The number of aryl methyl sites for hydroxylation is 1. The summed E-state index contributed by atoms with van der Waals surface area (Å²) in [6.45, 7) is 4.27. The van der Waals surface area contributed by atoms with E-state index in [-0.39, 0.29) is 0 Å². The number of thioether (sulfide) groups is 1. The van der Waals surface area contributed by atoms with Crippen molar-refractivity contribution in [2.24, 2.45) is 0 Å². The number of likely N-dealkylation sites (tertiary alicyclic amines) is 1. The molecule has 2 rings (SSSR count). The summed E-state index contributed by atoms with van der Waals surface area (Å²) in [6, 6.07) is 0. The van der Waals surface area contributed by atoms with Gasteiger partial charge >= 0.3 is 0 Å². The van der Waals surface area contributed by atoms with E-state index in [9.17, 15) is 0 Å². The molecule has 0 radical (unpaired) electrons. The van der Waals surface area contributed by atoms with Crippen LogP contribution in [0.2, 0.25) is 0 Å². The first-order chi connectivity index (χ1) is 7.29. The van der Waals surface area contributed by atoms with E-state index in [0.29, 0.717) is 0 Å². The fourth-order valence-corrected chi connectivity index (χ4v) is 3.65. The number of hydrogen-bond donors (Lipinski definition) is 0. The zero-order valence-electron chi connectivity index (χ0n) is 8.60. The van der Waals surface area contributed by atoms with Crippen LogP contribution in [0, 0.1) is 0 Å². The monoisotopic (exact) mass is 259 g/mol. The van der Waals surface area contributed by atoms with Crippen LogP contribution in [0.15, 0.2) is 4.34 Å². The van der Waals surface area contributed by atoms with Crippen molar-refractivity contribution in [3.63, 3.8) is 0 Å². The Morgan fingerprint density at radius 1 is 1.53 bits per heavy atom. The molecule has 0 amide bonds. The summed E-state index contributed by atoms with van der Waals surface area (Å²) < 4.78 is 6.17. The predicted octanol–water partition coefficient (Wildman–Crippen LogP) is 2.57. The Balaban J connectivity index is 1.92. The molecule has 1 aromatic rings. The van der Waals surface area contributed by atoms with Crippen molar-refractivity contribution < 1.29 is 0 Å². The minimum absolute atomic E-state index is 0.896. The fourth-order valence-electron chi connectivity index (χ4n) is 1.46. The van der Waals surface area contributed by atoms with Gasteiger partial charge in [-0.25, -0.2) is 4.98 Å². The third-order valence-corrected chi connectivity index (χ3v) is 4.53. The lowest BCUT2D eigenvalue weighted by molar-refractivity contribution is 0.539. The van der Waals surface area contributed by atoms with Crippen LogP contribution in [0.3, 0.4) is 0 Å². The van der Waals surface area contributed by atoms with E-state index in [1.165, 1.54) is 24.4 Å². The van der Waals surface area contributed by atoms with Crippen LogP contribution < -0.4 is 0 Å². The summed E-state index contributed by atoms with van der Waals surface area (Å²) in [5.41, 5.74) is 0. The molecule has 1 saturated heterocycles. The molecule has 1 aliphatic rings. The van der Waals surface area contributed by atoms with Gasteiger partial charge < -0.3 is 4.90 Å². The van der Waals surface area contributed by atoms with Crippen LogP contribution in [0.4, 0.5) is 0 Å². The first kappa shape index (κ1) is 11.3. The van der Waals surface area contributed by atoms with E-state index in [1.54, 1.807) is 11.8 Å². The minimum Gasteiger partial charge on any atom is -0.357 e. The molecule has 0 bridgehead atoms. The molecule has 15 heavy (non-hydrogen) atoms. The van der Waals surface area contributed by atoms with Gasteiger partial charge in [-0.1, -0.05) is 19.1 Å². The van der Waals surface area contributed by atoms with Gasteiger partial charge in [0.2, 0.25) is 0 Å². The highest BCUT2D eigenvalue weighted by molar-refractivity contribution is 8.23. The van der Waals surface area contributed by atoms with Gasteiger partial charge in [-0.15, -0.1) is 0 Å². The Hall–Kier alpha value is -0.200. The molecule has 0 spiro atoms. The smallest absolute Gasteiger partial charge is 0.177 e. The summed E-state index contributed by atoms with van der Waals surface area (Å²) >= 11 is 8.40. The maximum Gasteiger partial charge on any atom is 0.177 e. The quantitative estimate of drug-likeness (QED) is 0.601. The molecule has 1 aliphatic heterocycles. The van der Waals surface area contributed by atoms with Crippen molar-refractivity contribution in [1.82, 2.24) is 14.3 Å². The Bertz CT molecular complexity index is 344. The Kier molecular flexibility index (Phi) is 3.93. The fraction of sp³-hybridized carbons (Fsp3) is 0.667. The van der Waals surface area contributed by atoms with E-state index in [2.05, 4.69) is 21.2 Å². The van der Waals surface area contributed by atoms with E-state index in [4.69, 9.17) is 12.2 Å². The zero-order valence-corrected chi connectivity index (χ0v) is 11.1. The van der Waals surface area contributed by atoms with Crippen LogP contribution in [-0.2, 0) is 6.42 Å². The molecule has 0 aromatic carbocycles. The molecule has 82 valence electrons. The SMILES string of the molecule is CCc1nsc(SC(=S)N2CCCC2)n1. The second kappa shape index (κ2) is 5.23. The Morgan fingerprint density at radius 3 is 2.87 bits per heavy atom. The summed E-state index contributed by atoms with van der Waals surface area (Å²) in [4.78, 5) is 6.65. The molecule has 0 atom stereocenters. The zero-order chi connectivity index (χ0) is 10.7. The second-order valence-corrected chi connectivity index (χ2v) is 6.03. The summed E-state index contributed by atoms with van der Waals surface area (Å²) in [6.07, 6.45) is 3.42. The van der Waals surface area contributed by atoms with Gasteiger partial charge in [0, 0.05) is 19.5 Å². The van der Waals surface area contributed by atoms with Crippen molar-refractivity contribution in [2.45, 2.75) is 30.5 Å². The van der Waals surface area contributed by atoms with Gasteiger partial charge in [-0.05, 0) is 36.1 Å². The van der Waals surface area contributed by atoms with Gasteiger partial charge in [-0.2, -0.15) is 4.37 Å². The van der Waals surface area contributed by atoms with Gasteiger partial charge in [0.05, 0.1) is 0 Å². The van der Waals surface area contributed by atoms with Gasteiger partial charge in [0.25, 0.3) is 0 Å². The van der Waals surface area contributed by atoms with Crippen molar-refractivity contribution in [3.05, 3.63) is 5.82 Å². The molecule has 0 saturated carbocycles. The van der Waals surface area contributed by atoms with Gasteiger partial charge in [0.15, 0.2) is 4.34 Å². The number of thiocarbonyl (C=S) groups is 1. The maximum atomic E-state index is 5.37. The van der Waals surface area contributed by atoms with Gasteiger partial charge in [-0.3, -0.25) is 0 Å². The highest BCUT2D eigenvalue weighted by atomic mass is 32.2. The third kappa shape index (κ3) is 2.89. The summed E-state index contributed by atoms with van der Waals surface area (Å²) in [5.74, 6) is 0.923. The molecular weight excluding hydrogens is 246 g/mol. The van der Waals surface area contributed by atoms with Crippen molar-refractivity contribution in [2.75, 3.05) is 13.1 Å². The molecule has 0 aliphatic carbocycles. The molecule has 0 N–H and O–H groups in total. The number of rotatable bonds is 2. The Labute approximate surface area is 103 Å². The summed E-state index contributed by atoms with van der Waals surface area (Å²) in [5, 5.41) is 0. The third-order valence-electron chi connectivity index (χ3n) is 2.30. The van der Waals surface area contributed by atoms with E-state index < -0.39 is 0 Å². The van der Waals surface area contributed by atoms with Gasteiger partial charge in [0.1, 0.15) is 10.1 Å². The molecule has 3 nitrogen and oxygen atoms in total. The van der Waals surface area contributed by atoms with Crippen molar-refractivity contribution in [1.29, 1.82) is 0 Å². The summed E-state index contributed by atoms with van der Waals surface area (Å²) in [7, 11) is 0. The van der Waals surface area contributed by atoms with Crippen molar-refractivity contribution >= 4 is 39.8 Å². The van der Waals surface area contributed by atoms with E-state index in [0.717, 1.165) is 34.0 Å². The molecule has 1 fully saturated rings. The standard InChI is InChI=1S/C9H13N3S3/c1-2-7-10-8(15-11-7)14-9(13)12-5-3-4-6-12/h2-6H2,1H3. The van der Waals surface area contributed by atoms with Crippen LogP contribution in [0.5, 0.6) is 0 Å². The lowest BCUT2D eigenvalue weighted by Crippen LogP contribution is -2.22. The average Bonchev–Trinajstić information content (AvgIpc) is 2.87. The van der Waals surface area contributed by atoms with Crippen LogP contribution in [0.25, 0.3) is 0 Å². The van der Waals surface area contributed by atoms with E-state index >= 15 is 0 Å². The largest absolute Gasteiger partial charge is 0.357 e. The van der Waals surface area contributed by atoms with Crippen LogP contribution in [0.1, 0.15) is 25.6 Å². The number of hydrogen-bond acceptors (Lipinski definition) is 5. The average molecular weight is 259 g/mol. The highest BCUT2D eigenvalue weighted by Gasteiger charge is 2.17. The van der Waals surface area contributed by atoms with Crippen LogP contribution >= 0.6 is 35.5 Å². The first-order valence-corrected chi connectivity index (χ1v) is 7.08. The first-order valence-electron chi connectivity index (χ1n) is 5.09. The molecule has 6 heteroatoms. The predicted molar refractivity (Wildman–Crippen MR) is 68.5 cm³/mol. The molecule has 2 heterocycles. The molecular formula is C9H13N3S3. The molecule has 0 unspecified atom stereocenters. The lowest BCUT2D eigenvalue weighted by Gasteiger charge is -2.15. The second-order valence-electron chi connectivity index (χ2n) is 3.39. The highest BCUT2D eigenvalue weighted by Crippen LogP contribution is 2.25. The topological polar surface area (TPSA) is 29.0 Å². The number of aromatic nitrogens is 2. The maximum absolute atomic E-state index is 5.37. The van der Waals surface area contributed by atoms with E-state index in [1.807, 2.05) is 0 Å².